The van der Waals surface area contributed by atoms with Crippen molar-refractivity contribution in [2.75, 3.05) is 6.61 Å². The molecule has 0 saturated carbocycles. The van der Waals surface area contributed by atoms with Crippen LogP contribution in [0.25, 0.3) is 0 Å². The Morgan fingerprint density at radius 1 is 1.82 bits per heavy atom. The van der Waals surface area contributed by atoms with E-state index < -0.39 is 0 Å². The second kappa shape index (κ2) is 3.05. The predicted octanol–water partition coefficient (Wildman–Crippen LogP) is 0.147. The van der Waals surface area contributed by atoms with Crippen molar-refractivity contribution in [3.05, 3.63) is 28.7 Å². The Morgan fingerprint density at radius 3 is 3.18 bits per heavy atom. The van der Waals surface area contributed by atoms with Crippen LogP contribution >= 0.6 is 0 Å². The third kappa shape index (κ3) is 1.70. The maximum Gasteiger partial charge on any atom is 0.287 e. The van der Waals surface area contributed by atoms with E-state index >= 15 is 0 Å². The van der Waals surface area contributed by atoms with Crippen molar-refractivity contribution < 1.29 is 9.16 Å². The second-order valence-corrected chi connectivity index (χ2v) is 1.88. The molecule has 1 rings (SSSR count). The fraction of sp³-hybridized carbons (Fsp3) is 0.333. The van der Waals surface area contributed by atoms with E-state index in [2.05, 4.69) is 0 Å². The number of hydrogen-bond acceptors (Lipinski definition) is 3. The lowest BCUT2D eigenvalue weighted by Gasteiger charge is -2.11. The SMILES string of the molecule is CCOc1c[n+](=O)ccn1[O-]. The Morgan fingerprint density at radius 2 is 2.55 bits per heavy atom. The molecular weight excluding hydrogens is 148 g/mol. The highest BCUT2D eigenvalue weighted by Gasteiger charge is 1.99. The Labute approximate surface area is 63.0 Å². The van der Waals surface area contributed by atoms with Crippen LogP contribution in [0.4, 0.5) is 0 Å². The van der Waals surface area contributed by atoms with E-state index in [1.165, 1.54) is 0 Å². The van der Waals surface area contributed by atoms with Gasteiger partial charge >= 0.3 is 0 Å². The molecule has 0 aliphatic heterocycles. The number of rotatable bonds is 2. The van der Waals surface area contributed by atoms with Crippen molar-refractivity contribution in [3.63, 3.8) is 0 Å². The summed E-state index contributed by atoms with van der Waals surface area (Å²) in [7, 11) is 0. The standard InChI is InChI=1S/C6H8N2O3/c1-2-11-6-5-7(9)3-4-8(6)10/h3-5H,2H2,1H3. The fourth-order valence-corrected chi connectivity index (χ4v) is 0.657. The summed E-state index contributed by atoms with van der Waals surface area (Å²) in [5.41, 5.74) is 0. The molecule has 0 atom stereocenters. The van der Waals surface area contributed by atoms with Crippen LogP contribution in [0.1, 0.15) is 6.92 Å². The van der Waals surface area contributed by atoms with Crippen LogP contribution in [0.2, 0.25) is 0 Å². The molecule has 0 aromatic carbocycles. The lowest BCUT2D eigenvalue weighted by atomic mass is 10.7. The van der Waals surface area contributed by atoms with E-state index in [4.69, 9.17) is 4.74 Å². The van der Waals surface area contributed by atoms with Gasteiger partial charge in [0.1, 0.15) is 0 Å². The molecule has 0 bridgehead atoms. The Bertz CT molecular complexity index is 294. The normalized spacial score (nSPS) is 9.55. The quantitative estimate of drug-likeness (QED) is 0.572. The highest BCUT2D eigenvalue weighted by atomic mass is 16.5. The molecule has 0 radical (unpaired) electrons. The largest absolute Gasteiger partial charge is 0.803 e. The Hall–Kier alpha value is -1.52. The van der Waals surface area contributed by atoms with E-state index in [1.807, 2.05) is 0 Å². The average Bonchev–Trinajstić information content (AvgIpc) is 1.98. The summed E-state index contributed by atoms with van der Waals surface area (Å²) < 4.78 is 5.86. The van der Waals surface area contributed by atoms with Crippen molar-refractivity contribution >= 4 is 0 Å². The fourth-order valence-electron chi connectivity index (χ4n) is 0.657. The van der Waals surface area contributed by atoms with Crippen molar-refractivity contribution in [1.82, 2.24) is 4.73 Å². The van der Waals surface area contributed by atoms with Gasteiger partial charge in [-0.3, -0.25) is 0 Å². The van der Waals surface area contributed by atoms with Gasteiger partial charge in [0.25, 0.3) is 12.1 Å². The van der Waals surface area contributed by atoms with Gasteiger partial charge in [-0.15, -0.1) is 0 Å². The van der Waals surface area contributed by atoms with Crippen molar-refractivity contribution in [2.45, 2.75) is 6.92 Å². The van der Waals surface area contributed by atoms with Gasteiger partial charge in [0, 0.05) is 4.91 Å². The molecule has 0 saturated heterocycles. The van der Waals surface area contributed by atoms with E-state index in [0.29, 0.717) is 15.8 Å². The van der Waals surface area contributed by atoms with E-state index in [1.54, 1.807) is 6.92 Å². The van der Waals surface area contributed by atoms with Crippen LogP contribution in [0.3, 0.4) is 0 Å². The molecule has 60 valence electrons. The summed E-state index contributed by atoms with van der Waals surface area (Å²) >= 11 is 0. The van der Waals surface area contributed by atoms with Crippen molar-refractivity contribution in [2.24, 2.45) is 0 Å². The molecule has 0 spiro atoms. The van der Waals surface area contributed by atoms with Crippen molar-refractivity contribution in [1.29, 1.82) is 0 Å². The van der Waals surface area contributed by atoms with Gasteiger partial charge in [0.2, 0.25) is 6.20 Å². The smallest absolute Gasteiger partial charge is 0.287 e. The van der Waals surface area contributed by atoms with Gasteiger partial charge in [0.05, 0.1) is 17.2 Å². The first-order valence-electron chi connectivity index (χ1n) is 3.19. The van der Waals surface area contributed by atoms with Crippen LogP contribution in [0.5, 0.6) is 5.88 Å². The predicted molar refractivity (Wildman–Crippen MR) is 37.7 cm³/mol. The molecular formula is C6H8N2O3. The van der Waals surface area contributed by atoms with Crippen LogP contribution < -0.4 is 9.16 Å². The van der Waals surface area contributed by atoms with E-state index in [9.17, 15) is 10.1 Å². The molecule has 0 unspecified atom stereocenters. The minimum Gasteiger partial charge on any atom is -0.803 e. The lowest BCUT2D eigenvalue weighted by molar-refractivity contribution is -0.496. The van der Waals surface area contributed by atoms with Crippen LogP contribution in [-0.4, -0.2) is 11.3 Å². The Balaban J connectivity index is 3.02. The van der Waals surface area contributed by atoms with Gasteiger partial charge in [-0.1, -0.05) is 0 Å². The molecule has 0 aliphatic rings. The maximum atomic E-state index is 10.8. The summed E-state index contributed by atoms with van der Waals surface area (Å²) in [5, 5.41) is 10.8. The first-order chi connectivity index (χ1) is 5.24. The maximum absolute atomic E-state index is 10.8. The van der Waals surface area contributed by atoms with Crippen LogP contribution in [-0.2, 0) is 0 Å². The monoisotopic (exact) mass is 156 g/mol. The van der Waals surface area contributed by atoms with Crippen LogP contribution in [0, 0.1) is 10.1 Å². The number of ether oxygens (including phenoxy) is 1. The van der Waals surface area contributed by atoms with Gasteiger partial charge in [-0.2, -0.15) is 0 Å². The molecule has 1 heterocycles. The molecule has 0 aliphatic carbocycles. The highest BCUT2D eigenvalue weighted by Crippen LogP contribution is 2.03. The molecule has 5 heteroatoms. The summed E-state index contributed by atoms with van der Waals surface area (Å²) in [6.07, 6.45) is 3.28. The molecule has 11 heavy (non-hydrogen) atoms. The minimum atomic E-state index is 0.0185. The zero-order chi connectivity index (χ0) is 8.27. The highest BCUT2D eigenvalue weighted by molar-refractivity contribution is 5.03. The number of aromatic nitrogens is 2. The first kappa shape index (κ1) is 7.59. The topological polar surface area (TPSA) is 60.2 Å². The summed E-state index contributed by atoms with van der Waals surface area (Å²) in [5.74, 6) is 0.0185. The first-order valence-corrected chi connectivity index (χ1v) is 3.19. The van der Waals surface area contributed by atoms with Gasteiger partial charge < -0.3 is 14.7 Å². The Kier molecular flexibility index (Phi) is 2.10. The average molecular weight is 156 g/mol. The zero-order valence-electron chi connectivity index (χ0n) is 6.06. The van der Waals surface area contributed by atoms with Gasteiger partial charge in [-0.25, -0.2) is 0 Å². The third-order valence-corrected chi connectivity index (χ3v) is 1.10. The van der Waals surface area contributed by atoms with Gasteiger partial charge in [-0.05, 0) is 6.92 Å². The molecule has 0 amide bonds. The molecule has 1 aromatic heterocycles. The summed E-state index contributed by atoms with van der Waals surface area (Å²) in [6.45, 7) is 2.11. The van der Waals surface area contributed by atoms with Crippen LogP contribution in [0.15, 0.2) is 18.6 Å². The van der Waals surface area contributed by atoms with Gasteiger partial charge in [0.15, 0.2) is 0 Å². The summed E-state index contributed by atoms with van der Waals surface area (Å²) in [6, 6.07) is 0. The van der Waals surface area contributed by atoms with Crippen molar-refractivity contribution in [3.8, 4) is 5.88 Å². The molecule has 1 aromatic rings. The minimum absolute atomic E-state index is 0.0185. The number of hydrogen-bond donors (Lipinski definition) is 0. The molecule has 0 N–H and O–H groups in total. The summed E-state index contributed by atoms with van der Waals surface area (Å²) in [4.78, 5) is 10.6. The lowest BCUT2D eigenvalue weighted by Crippen LogP contribution is -2.15. The van der Waals surface area contributed by atoms with E-state index in [-0.39, 0.29) is 5.88 Å². The molecule has 5 nitrogen and oxygen atoms in total. The zero-order valence-corrected chi connectivity index (χ0v) is 6.06. The third-order valence-electron chi connectivity index (χ3n) is 1.10. The molecule has 0 fully saturated rings. The van der Waals surface area contributed by atoms with E-state index in [0.717, 1.165) is 18.6 Å². The number of nitrogens with zero attached hydrogens (tertiary/aromatic N) is 2. The second-order valence-electron chi connectivity index (χ2n) is 1.88.